The number of rotatable bonds is 3. The lowest BCUT2D eigenvalue weighted by Gasteiger charge is -2.37. The quantitative estimate of drug-likeness (QED) is 0.541. The van der Waals surface area contributed by atoms with Crippen molar-refractivity contribution in [3.63, 3.8) is 0 Å². The summed E-state index contributed by atoms with van der Waals surface area (Å²) >= 11 is 0. The summed E-state index contributed by atoms with van der Waals surface area (Å²) in [5.74, 6) is 1.88. The molecular formula is C24H27N7O. The molecule has 0 radical (unpaired) electrons. The molecular weight excluding hydrogens is 402 g/mol. The van der Waals surface area contributed by atoms with Crippen molar-refractivity contribution >= 4 is 28.3 Å². The average Bonchev–Trinajstić information content (AvgIpc) is 3.50. The van der Waals surface area contributed by atoms with Crippen LogP contribution in [-0.4, -0.2) is 61.8 Å². The first kappa shape index (κ1) is 19.3. The third-order valence-electron chi connectivity index (χ3n) is 7.11. The van der Waals surface area contributed by atoms with Crippen molar-refractivity contribution in [2.24, 2.45) is 5.92 Å². The lowest BCUT2D eigenvalue weighted by atomic mass is 9.90. The number of fused-ring (bicyclic) bond motifs is 2. The van der Waals surface area contributed by atoms with Crippen molar-refractivity contribution in [3.8, 4) is 0 Å². The van der Waals surface area contributed by atoms with E-state index in [9.17, 15) is 4.79 Å². The first-order chi connectivity index (χ1) is 15.7. The van der Waals surface area contributed by atoms with Crippen LogP contribution in [0.2, 0.25) is 0 Å². The summed E-state index contributed by atoms with van der Waals surface area (Å²) in [5, 5.41) is 13.8. The largest absolute Gasteiger partial charge is 0.358 e. The zero-order chi connectivity index (χ0) is 21.5. The molecule has 164 valence electrons. The predicted molar refractivity (Wildman–Crippen MR) is 123 cm³/mol. The lowest BCUT2D eigenvalue weighted by Crippen LogP contribution is -2.45. The number of hydrogen-bond acceptors (Lipinski definition) is 5. The van der Waals surface area contributed by atoms with Gasteiger partial charge in [0.1, 0.15) is 12.1 Å². The van der Waals surface area contributed by atoms with Crippen LogP contribution >= 0.6 is 0 Å². The molecule has 32 heavy (non-hydrogen) atoms. The zero-order valence-corrected chi connectivity index (χ0v) is 18.0. The number of aromatic amines is 1. The number of nitrogens with one attached hydrogen (secondary N) is 1. The van der Waals surface area contributed by atoms with Gasteiger partial charge in [0.15, 0.2) is 5.65 Å². The molecule has 1 amide bonds. The molecule has 0 spiro atoms. The zero-order valence-electron chi connectivity index (χ0n) is 18.0. The number of carbonyl (C=O) groups excluding carboxylic acids is 1. The number of anilines is 1. The van der Waals surface area contributed by atoms with Crippen LogP contribution in [0.15, 0.2) is 48.8 Å². The van der Waals surface area contributed by atoms with Crippen LogP contribution in [0, 0.1) is 5.92 Å². The Morgan fingerprint density at radius 3 is 2.59 bits per heavy atom. The van der Waals surface area contributed by atoms with Gasteiger partial charge in [-0.05, 0) is 55.3 Å². The molecule has 2 aliphatic heterocycles. The Labute approximate surface area is 186 Å². The highest BCUT2D eigenvalue weighted by Crippen LogP contribution is 2.31. The van der Waals surface area contributed by atoms with Gasteiger partial charge in [-0.3, -0.25) is 4.79 Å². The minimum Gasteiger partial charge on any atom is -0.358 e. The number of hydrogen-bond donors (Lipinski definition) is 1. The molecule has 1 N–H and O–H groups in total. The molecule has 2 aliphatic rings. The number of para-hydroxylation sites is 1. The molecule has 0 unspecified atom stereocenters. The summed E-state index contributed by atoms with van der Waals surface area (Å²) in [6, 6.07) is 14.6. The third-order valence-corrected chi connectivity index (χ3v) is 7.11. The number of carbonyl (C=O) groups is 1. The fourth-order valence-electron chi connectivity index (χ4n) is 5.23. The van der Waals surface area contributed by atoms with Gasteiger partial charge in [-0.1, -0.05) is 18.2 Å². The Morgan fingerprint density at radius 2 is 1.78 bits per heavy atom. The second-order valence-corrected chi connectivity index (χ2v) is 9.00. The van der Waals surface area contributed by atoms with Gasteiger partial charge in [0, 0.05) is 49.2 Å². The number of likely N-dealkylation sites (tertiary alicyclic amines) is 1. The van der Waals surface area contributed by atoms with E-state index in [0.29, 0.717) is 11.8 Å². The molecule has 5 heterocycles. The number of piperidine rings is 2. The van der Waals surface area contributed by atoms with E-state index in [1.54, 1.807) is 10.8 Å². The first-order valence-corrected chi connectivity index (χ1v) is 11.5. The van der Waals surface area contributed by atoms with Crippen LogP contribution in [0.1, 0.15) is 37.3 Å². The van der Waals surface area contributed by atoms with Crippen molar-refractivity contribution in [1.29, 1.82) is 0 Å². The van der Waals surface area contributed by atoms with Crippen molar-refractivity contribution in [2.45, 2.75) is 31.6 Å². The number of H-pyrrole nitrogens is 1. The van der Waals surface area contributed by atoms with Gasteiger partial charge in [-0.2, -0.15) is 4.52 Å². The molecule has 8 heteroatoms. The van der Waals surface area contributed by atoms with Crippen molar-refractivity contribution in [2.75, 3.05) is 31.1 Å². The Kier molecular flexibility index (Phi) is 4.78. The van der Waals surface area contributed by atoms with Crippen LogP contribution < -0.4 is 4.90 Å². The molecule has 6 rings (SSSR count). The van der Waals surface area contributed by atoms with Gasteiger partial charge in [0.25, 0.3) is 0 Å². The Hall–Kier alpha value is -3.42. The molecule has 4 aromatic rings. The van der Waals surface area contributed by atoms with Gasteiger partial charge in [-0.25, -0.2) is 0 Å². The minimum absolute atomic E-state index is 0.120. The molecule has 3 aromatic heterocycles. The maximum absolute atomic E-state index is 13.2. The summed E-state index contributed by atoms with van der Waals surface area (Å²) in [7, 11) is 0. The smallest absolute Gasteiger partial charge is 0.225 e. The van der Waals surface area contributed by atoms with Crippen molar-refractivity contribution in [1.82, 2.24) is 29.7 Å². The number of amides is 1. The van der Waals surface area contributed by atoms with Crippen LogP contribution in [0.3, 0.4) is 0 Å². The number of aromatic nitrogens is 5. The monoisotopic (exact) mass is 429 g/mol. The molecule has 1 aromatic carbocycles. The number of nitrogens with zero attached hydrogens (tertiary/aromatic N) is 6. The highest BCUT2D eigenvalue weighted by molar-refractivity contribution is 5.81. The number of benzene rings is 1. The van der Waals surface area contributed by atoms with Gasteiger partial charge in [0.05, 0.1) is 0 Å². The minimum atomic E-state index is 0.120. The summed E-state index contributed by atoms with van der Waals surface area (Å²) in [6.45, 7) is 3.40. The van der Waals surface area contributed by atoms with Gasteiger partial charge in [0.2, 0.25) is 5.91 Å². The van der Waals surface area contributed by atoms with E-state index in [1.165, 1.54) is 16.6 Å². The molecule has 8 nitrogen and oxygen atoms in total. The summed E-state index contributed by atoms with van der Waals surface area (Å²) in [4.78, 5) is 21.1. The second kappa shape index (κ2) is 7.93. The Bertz CT molecular complexity index is 1190. The molecule has 2 saturated heterocycles. The van der Waals surface area contributed by atoms with Crippen molar-refractivity contribution in [3.05, 3.63) is 54.5 Å². The van der Waals surface area contributed by atoms with E-state index in [2.05, 4.69) is 60.4 Å². The molecule has 0 atom stereocenters. The molecule has 0 saturated carbocycles. The predicted octanol–water partition coefficient (Wildman–Crippen LogP) is 3.23. The second-order valence-electron chi connectivity index (χ2n) is 9.00. The lowest BCUT2D eigenvalue weighted by molar-refractivity contribution is -0.137. The van der Waals surface area contributed by atoms with Crippen LogP contribution in [0.5, 0.6) is 0 Å². The van der Waals surface area contributed by atoms with Crippen LogP contribution in [-0.2, 0) is 4.79 Å². The van der Waals surface area contributed by atoms with E-state index >= 15 is 0 Å². The summed E-state index contributed by atoms with van der Waals surface area (Å²) < 4.78 is 1.70. The van der Waals surface area contributed by atoms with Crippen LogP contribution in [0.4, 0.5) is 5.82 Å². The fourth-order valence-corrected chi connectivity index (χ4v) is 5.23. The van der Waals surface area contributed by atoms with E-state index in [0.717, 1.165) is 63.3 Å². The van der Waals surface area contributed by atoms with Gasteiger partial charge >= 0.3 is 0 Å². The topological polar surface area (TPSA) is 82.4 Å². The normalized spacial score (nSPS) is 18.6. The molecule has 2 fully saturated rings. The highest BCUT2D eigenvalue weighted by Gasteiger charge is 2.32. The first-order valence-electron chi connectivity index (χ1n) is 11.5. The third kappa shape index (κ3) is 3.49. The molecule has 0 bridgehead atoms. The van der Waals surface area contributed by atoms with Gasteiger partial charge < -0.3 is 14.8 Å². The van der Waals surface area contributed by atoms with E-state index in [-0.39, 0.29) is 5.92 Å². The van der Waals surface area contributed by atoms with Crippen LogP contribution in [0.25, 0.3) is 16.6 Å². The fraction of sp³-hybridized carbons (Fsp3) is 0.417. The van der Waals surface area contributed by atoms with Crippen molar-refractivity contribution < 1.29 is 4.79 Å². The summed E-state index contributed by atoms with van der Waals surface area (Å²) in [5.41, 5.74) is 3.25. The maximum Gasteiger partial charge on any atom is 0.225 e. The van der Waals surface area contributed by atoms with E-state index < -0.39 is 0 Å². The SMILES string of the molecule is O=C(C1CCN(c2ccc3nncn3n2)CC1)N1CCC(c2cc3ccccc3[nH]2)CC1. The summed E-state index contributed by atoms with van der Waals surface area (Å²) in [6.07, 6.45) is 5.43. The molecule has 0 aliphatic carbocycles. The van der Waals surface area contributed by atoms with E-state index in [4.69, 9.17) is 0 Å². The Morgan fingerprint density at radius 1 is 0.969 bits per heavy atom. The standard InChI is InChI=1S/C24H27N7O/c32-24(18-9-11-29(12-10-18)23-6-5-22-27-25-16-31(22)28-23)30-13-7-17(8-14-30)21-15-19-3-1-2-4-20(19)26-21/h1-6,15-18,26H,7-14H2. The van der Waals surface area contributed by atoms with Gasteiger partial charge in [-0.15, -0.1) is 15.3 Å². The van der Waals surface area contributed by atoms with E-state index in [1.807, 2.05) is 12.1 Å². The maximum atomic E-state index is 13.2. The Balaban J connectivity index is 1.04. The average molecular weight is 430 g/mol. The highest BCUT2D eigenvalue weighted by atomic mass is 16.2.